The molecule has 0 saturated carbocycles. The van der Waals surface area contributed by atoms with Crippen molar-refractivity contribution in [3.8, 4) is 0 Å². The zero-order chi connectivity index (χ0) is 15.8. The Kier molecular flexibility index (Phi) is 6.39. The molecule has 1 rings (SSSR count). The summed E-state index contributed by atoms with van der Waals surface area (Å²) in [5, 5.41) is 2.43. The van der Waals surface area contributed by atoms with Gasteiger partial charge in [0.25, 0.3) is 0 Å². The smallest absolute Gasteiger partial charge is 0.308 e. The first-order valence-electron chi connectivity index (χ1n) is 6.69. The zero-order valence-electron chi connectivity index (χ0n) is 12.2. The molecule has 2 amide bonds. The second-order valence-electron chi connectivity index (χ2n) is 4.97. The number of nitrogens with two attached hydrogens (primary N) is 1. The third-order valence-electron chi connectivity index (χ3n) is 2.80. The maximum atomic E-state index is 11.7. The Labute approximate surface area is 123 Å². The number of benzene rings is 1. The van der Waals surface area contributed by atoms with E-state index in [-0.39, 0.29) is 24.9 Å². The van der Waals surface area contributed by atoms with Crippen LogP contribution in [-0.2, 0) is 25.7 Å². The summed E-state index contributed by atoms with van der Waals surface area (Å²) in [5.74, 6) is -1.99. The van der Waals surface area contributed by atoms with Crippen molar-refractivity contribution in [1.29, 1.82) is 0 Å². The predicted molar refractivity (Wildman–Crippen MR) is 76.8 cm³/mol. The van der Waals surface area contributed by atoms with E-state index >= 15 is 0 Å². The third-order valence-corrected chi connectivity index (χ3v) is 2.80. The first-order chi connectivity index (χ1) is 9.90. The lowest BCUT2D eigenvalue weighted by molar-refractivity contribution is -0.147. The molecular weight excluding hydrogens is 272 g/mol. The van der Waals surface area contributed by atoms with Crippen LogP contribution in [0.5, 0.6) is 0 Å². The molecule has 21 heavy (non-hydrogen) atoms. The van der Waals surface area contributed by atoms with Gasteiger partial charge in [0.15, 0.2) is 0 Å². The van der Waals surface area contributed by atoms with Gasteiger partial charge in [0, 0.05) is 5.92 Å². The van der Waals surface area contributed by atoms with E-state index in [2.05, 4.69) is 5.32 Å². The van der Waals surface area contributed by atoms with E-state index in [0.29, 0.717) is 0 Å². The first-order valence-corrected chi connectivity index (χ1v) is 6.69. The molecule has 0 heterocycles. The molecule has 0 spiro atoms. The molecule has 6 heteroatoms. The first kappa shape index (κ1) is 16.7. The van der Waals surface area contributed by atoms with Crippen LogP contribution >= 0.6 is 0 Å². The van der Waals surface area contributed by atoms with E-state index < -0.39 is 17.9 Å². The maximum absolute atomic E-state index is 11.7. The van der Waals surface area contributed by atoms with Crippen LogP contribution in [0.4, 0.5) is 0 Å². The van der Waals surface area contributed by atoms with E-state index in [1.165, 1.54) is 0 Å². The van der Waals surface area contributed by atoms with Gasteiger partial charge in [0.2, 0.25) is 11.8 Å². The van der Waals surface area contributed by atoms with Gasteiger partial charge in [0.1, 0.15) is 12.6 Å². The average molecular weight is 292 g/mol. The minimum atomic E-state index is -1.05. The van der Waals surface area contributed by atoms with Crippen LogP contribution < -0.4 is 11.1 Å². The lowest BCUT2D eigenvalue weighted by Gasteiger charge is -2.16. The van der Waals surface area contributed by atoms with Crippen molar-refractivity contribution in [1.82, 2.24) is 5.32 Å². The summed E-state index contributed by atoms with van der Waals surface area (Å²) in [6, 6.07) is 8.11. The van der Waals surface area contributed by atoms with Crippen LogP contribution in [-0.4, -0.2) is 23.8 Å². The van der Waals surface area contributed by atoms with Crippen molar-refractivity contribution >= 4 is 17.8 Å². The van der Waals surface area contributed by atoms with E-state index in [1.54, 1.807) is 13.8 Å². The molecule has 0 aliphatic carbocycles. The Bertz CT molecular complexity index is 500. The van der Waals surface area contributed by atoms with Gasteiger partial charge >= 0.3 is 5.97 Å². The van der Waals surface area contributed by atoms with E-state index in [4.69, 9.17) is 10.5 Å². The number of hydrogen-bond donors (Lipinski definition) is 2. The number of carbonyl (C=O) groups excluding carboxylic acids is 3. The topological polar surface area (TPSA) is 98.5 Å². The van der Waals surface area contributed by atoms with Crippen molar-refractivity contribution in [3.05, 3.63) is 35.9 Å². The molecule has 6 nitrogen and oxygen atoms in total. The summed E-state index contributed by atoms with van der Waals surface area (Å²) in [5.41, 5.74) is 6.02. The van der Waals surface area contributed by atoms with E-state index in [9.17, 15) is 14.4 Å². The molecule has 0 aliphatic rings. The number of carbonyl (C=O) groups is 3. The largest absolute Gasteiger partial charge is 0.461 e. The highest BCUT2D eigenvalue weighted by Crippen LogP contribution is 2.04. The molecule has 0 fully saturated rings. The van der Waals surface area contributed by atoms with E-state index in [1.807, 2.05) is 30.3 Å². The number of amides is 2. The van der Waals surface area contributed by atoms with Crippen molar-refractivity contribution in [2.45, 2.75) is 32.9 Å². The second kappa shape index (κ2) is 8.04. The zero-order valence-corrected chi connectivity index (χ0v) is 12.2. The molecule has 3 N–H and O–H groups in total. The van der Waals surface area contributed by atoms with Crippen molar-refractivity contribution in [2.75, 3.05) is 0 Å². The lowest BCUT2D eigenvalue weighted by atomic mass is 10.1. The quantitative estimate of drug-likeness (QED) is 0.724. The van der Waals surface area contributed by atoms with Crippen molar-refractivity contribution < 1.29 is 19.1 Å². The highest BCUT2D eigenvalue weighted by Gasteiger charge is 2.23. The highest BCUT2D eigenvalue weighted by molar-refractivity contribution is 5.90. The van der Waals surface area contributed by atoms with Crippen LogP contribution in [0.3, 0.4) is 0 Å². The SMILES string of the molecule is CC(C)C(=O)N[C@H](CC(=O)OCc1ccccc1)C(N)=O. The van der Waals surface area contributed by atoms with Gasteiger partial charge in [-0.1, -0.05) is 44.2 Å². The minimum Gasteiger partial charge on any atom is -0.461 e. The predicted octanol–water partition coefficient (Wildman–Crippen LogP) is 0.746. The number of nitrogens with one attached hydrogen (secondary N) is 1. The minimum absolute atomic E-state index is 0.114. The Morgan fingerprint density at radius 1 is 1.19 bits per heavy atom. The number of hydrogen-bond acceptors (Lipinski definition) is 4. The van der Waals surface area contributed by atoms with E-state index in [0.717, 1.165) is 5.56 Å². The summed E-state index contributed by atoms with van der Waals surface area (Å²) in [7, 11) is 0. The van der Waals surface area contributed by atoms with Crippen molar-refractivity contribution in [3.63, 3.8) is 0 Å². The molecular formula is C15H20N2O4. The second-order valence-corrected chi connectivity index (χ2v) is 4.97. The average Bonchev–Trinajstić information content (AvgIpc) is 2.45. The van der Waals surface area contributed by atoms with Gasteiger partial charge in [-0.05, 0) is 5.56 Å². The molecule has 1 aromatic rings. The summed E-state index contributed by atoms with van der Waals surface area (Å²) in [4.78, 5) is 34.5. The number of ether oxygens (including phenoxy) is 1. The fourth-order valence-corrected chi connectivity index (χ4v) is 1.52. The van der Waals surface area contributed by atoms with Crippen LogP contribution in [0, 0.1) is 5.92 Å². The number of esters is 1. The Hall–Kier alpha value is -2.37. The van der Waals surface area contributed by atoms with Crippen molar-refractivity contribution in [2.24, 2.45) is 11.7 Å². The summed E-state index contributed by atoms with van der Waals surface area (Å²) < 4.78 is 5.05. The van der Waals surface area contributed by atoms with Gasteiger partial charge < -0.3 is 15.8 Å². The van der Waals surface area contributed by atoms with Gasteiger partial charge in [-0.2, -0.15) is 0 Å². The lowest BCUT2D eigenvalue weighted by Crippen LogP contribution is -2.47. The number of rotatable bonds is 7. The molecule has 114 valence electrons. The fourth-order valence-electron chi connectivity index (χ4n) is 1.52. The molecule has 0 radical (unpaired) electrons. The van der Waals surface area contributed by atoms with Crippen LogP contribution in [0.15, 0.2) is 30.3 Å². The molecule has 1 aromatic carbocycles. The Balaban J connectivity index is 2.49. The molecule has 0 aliphatic heterocycles. The third kappa shape index (κ3) is 6.07. The van der Waals surface area contributed by atoms with Gasteiger partial charge in [-0.25, -0.2) is 0 Å². The van der Waals surface area contributed by atoms with Gasteiger partial charge in [0.05, 0.1) is 6.42 Å². The summed E-state index contributed by atoms with van der Waals surface area (Å²) >= 11 is 0. The van der Waals surface area contributed by atoms with Gasteiger partial charge in [-0.15, -0.1) is 0 Å². The number of primary amides is 1. The monoisotopic (exact) mass is 292 g/mol. The molecule has 0 bridgehead atoms. The fraction of sp³-hybridized carbons (Fsp3) is 0.400. The van der Waals surface area contributed by atoms with Gasteiger partial charge in [-0.3, -0.25) is 14.4 Å². The highest BCUT2D eigenvalue weighted by atomic mass is 16.5. The Morgan fingerprint density at radius 3 is 2.33 bits per heavy atom. The standard InChI is InChI=1S/C15H20N2O4/c1-10(2)15(20)17-12(14(16)19)8-13(18)21-9-11-6-4-3-5-7-11/h3-7,10,12H,8-9H2,1-2H3,(H2,16,19)(H,17,20)/t12-/m1/s1. The normalized spacial score (nSPS) is 11.8. The maximum Gasteiger partial charge on any atom is 0.308 e. The van der Waals surface area contributed by atoms with Crippen LogP contribution in [0.25, 0.3) is 0 Å². The summed E-state index contributed by atoms with van der Waals surface area (Å²) in [6.45, 7) is 3.48. The molecule has 1 atom stereocenters. The Morgan fingerprint density at radius 2 is 1.81 bits per heavy atom. The molecule has 0 aromatic heterocycles. The summed E-state index contributed by atoms with van der Waals surface area (Å²) in [6.07, 6.45) is -0.277. The van der Waals surface area contributed by atoms with Crippen LogP contribution in [0.2, 0.25) is 0 Å². The molecule has 0 saturated heterocycles. The van der Waals surface area contributed by atoms with Crippen LogP contribution in [0.1, 0.15) is 25.8 Å². The molecule has 0 unspecified atom stereocenters.